The number of aromatic nitrogens is 3. The highest BCUT2D eigenvalue weighted by molar-refractivity contribution is 7.92. The first kappa shape index (κ1) is 22.6. The summed E-state index contributed by atoms with van der Waals surface area (Å²) in [5, 5.41) is 5.56. The lowest BCUT2D eigenvalue weighted by Crippen LogP contribution is -2.17. The van der Waals surface area contributed by atoms with Crippen molar-refractivity contribution in [3.05, 3.63) is 64.8 Å². The number of anilines is 1. The Morgan fingerprint density at radius 3 is 2.36 bits per heavy atom. The molecule has 2 heterocycles. The summed E-state index contributed by atoms with van der Waals surface area (Å²) in [6.07, 6.45) is 0. The molecular formula is C24H26N4O4S. The third-order valence-electron chi connectivity index (χ3n) is 5.39. The number of hydrogen-bond donors (Lipinski definition) is 1. The Bertz CT molecular complexity index is 1480. The van der Waals surface area contributed by atoms with Gasteiger partial charge < -0.3 is 9.47 Å². The summed E-state index contributed by atoms with van der Waals surface area (Å²) >= 11 is 0. The van der Waals surface area contributed by atoms with Gasteiger partial charge >= 0.3 is 0 Å². The lowest BCUT2D eigenvalue weighted by molar-refractivity contribution is 0.392. The second-order valence-corrected chi connectivity index (χ2v) is 9.63. The Balaban J connectivity index is 1.83. The quantitative estimate of drug-likeness (QED) is 0.450. The van der Waals surface area contributed by atoms with Crippen molar-refractivity contribution < 1.29 is 17.9 Å². The van der Waals surface area contributed by atoms with Crippen molar-refractivity contribution in [2.45, 2.75) is 32.6 Å². The first-order chi connectivity index (χ1) is 15.6. The van der Waals surface area contributed by atoms with Crippen LogP contribution in [-0.2, 0) is 10.0 Å². The molecule has 0 aliphatic heterocycles. The molecule has 0 saturated heterocycles. The van der Waals surface area contributed by atoms with Gasteiger partial charge in [0.25, 0.3) is 10.0 Å². The summed E-state index contributed by atoms with van der Waals surface area (Å²) in [7, 11) is -1.12. The van der Waals surface area contributed by atoms with E-state index < -0.39 is 10.0 Å². The maximum Gasteiger partial charge on any atom is 0.266 e. The fourth-order valence-electron chi connectivity index (χ4n) is 3.87. The molecule has 4 rings (SSSR count). The zero-order valence-corrected chi connectivity index (χ0v) is 20.2. The largest absolute Gasteiger partial charge is 0.497 e. The molecule has 0 fully saturated rings. The van der Waals surface area contributed by atoms with Gasteiger partial charge in [0.15, 0.2) is 5.82 Å². The molecule has 0 aliphatic carbocycles. The van der Waals surface area contributed by atoms with Crippen LogP contribution in [0.3, 0.4) is 0 Å². The second kappa shape index (κ2) is 8.40. The van der Waals surface area contributed by atoms with Crippen LogP contribution >= 0.6 is 0 Å². The molecule has 0 aliphatic rings. The Hall–Kier alpha value is -3.59. The molecule has 2 aromatic carbocycles. The Morgan fingerprint density at radius 1 is 0.909 bits per heavy atom. The zero-order chi connectivity index (χ0) is 23.9. The molecule has 0 bridgehead atoms. The van der Waals surface area contributed by atoms with Crippen molar-refractivity contribution in [2.24, 2.45) is 0 Å². The van der Waals surface area contributed by atoms with Crippen molar-refractivity contribution in [1.29, 1.82) is 0 Å². The minimum atomic E-state index is -4.02. The van der Waals surface area contributed by atoms with Gasteiger partial charge in [-0.3, -0.25) is 4.72 Å². The second-order valence-electron chi connectivity index (χ2n) is 7.98. The van der Waals surface area contributed by atoms with Gasteiger partial charge in [-0.1, -0.05) is 11.6 Å². The van der Waals surface area contributed by atoms with Crippen LogP contribution in [0.1, 0.15) is 22.4 Å². The number of benzene rings is 2. The van der Waals surface area contributed by atoms with Crippen LogP contribution < -0.4 is 14.2 Å². The van der Waals surface area contributed by atoms with Gasteiger partial charge in [0.2, 0.25) is 0 Å². The van der Waals surface area contributed by atoms with E-state index in [1.54, 1.807) is 25.1 Å². The summed E-state index contributed by atoms with van der Waals surface area (Å²) in [4.78, 5) is 4.77. The monoisotopic (exact) mass is 466 g/mol. The van der Waals surface area contributed by atoms with Gasteiger partial charge in [0, 0.05) is 17.5 Å². The van der Waals surface area contributed by atoms with E-state index >= 15 is 0 Å². The van der Waals surface area contributed by atoms with Gasteiger partial charge in [-0.05, 0) is 63.1 Å². The number of hydrogen-bond acceptors (Lipinski definition) is 6. The topological polar surface area (TPSA) is 95.3 Å². The molecule has 0 saturated carbocycles. The smallest absolute Gasteiger partial charge is 0.266 e. The van der Waals surface area contributed by atoms with Crippen LogP contribution in [0.4, 0.5) is 5.82 Å². The number of nitrogens with one attached hydrogen (secondary N) is 1. The number of pyridine rings is 1. The fourth-order valence-corrected chi connectivity index (χ4v) is 5.09. The van der Waals surface area contributed by atoms with Crippen LogP contribution in [0.2, 0.25) is 0 Å². The Kier molecular flexibility index (Phi) is 5.75. The standard InChI is InChI=1S/C24H26N4O4S/c1-14-9-16(3)24-19(10-14)15(2)11-22(25-24)28-23(12-17(4)26-28)27-33(29,30)21-13-18(31-5)7-8-20(21)32-6/h7-13,27H,1-6H3. The van der Waals surface area contributed by atoms with Gasteiger partial charge in [-0.2, -0.15) is 9.78 Å². The number of ether oxygens (including phenoxy) is 2. The molecule has 0 amide bonds. The van der Waals surface area contributed by atoms with Gasteiger partial charge in [-0.15, -0.1) is 0 Å². The third kappa shape index (κ3) is 4.23. The van der Waals surface area contributed by atoms with Gasteiger partial charge in [0.05, 0.1) is 25.4 Å². The lowest BCUT2D eigenvalue weighted by Gasteiger charge is -2.15. The van der Waals surface area contributed by atoms with Crippen LogP contribution in [0, 0.1) is 27.7 Å². The van der Waals surface area contributed by atoms with Crippen LogP contribution in [0.5, 0.6) is 11.5 Å². The van der Waals surface area contributed by atoms with E-state index in [4.69, 9.17) is 14.5 Å². The summed E-state index contributed by atoms with van der Waals surface area (Å²) in [5.41, 5.74) is 4.73. The normalized spacial score (nSPS) is 11.6. The maximum atomic E-state index is 13.3. The SMILES string of the molecule is COc1ccc(OC)c(S(=O)(=O)Nc2cc(C)nn2-c2cc(C)c3cc(C)cc(C)c3n2)c1. The van der Waals surface area contributed by atoms with E-state index in [1.165, 1.54) is 25.0 Å². The number of nitrogens with zero attached hydrogens (tertiary/aromatic N) is 3. The summed E-state index contributed by atoms with van der Waals surface area (Å²) < 4.78 is 41.2. The number of methoxy groups -OCH3 is 2. The van der Waals surface area contributed by atoms with Crippen molar-refractivity contribution in [3.8, 4) is 17.3 Å². The van der Waals surface area contributed by atoms with Crippen molar-refractivity contribution >= 4 is 26.7 Å². The maximum absolute atomic E-state index is 13.3. The predicted molar refractivity (Wildman–Crippen MR) is 128 cm³/mol. The molecule has 2 aromatic heterocycles. The summed E-state index contributed by atoms with van der Waals surface area (Å²) in [6.45, 7) is 7.87. The summed E-state index contributed by atoms with van der Waals surface area (Å²) in [6, 6.07) is 12.3. The van der Waals surface area contributed by atoms with E-state index in [2.05, 4.69) is 28.9 Å². The highest BCUT2D eigenvalue weighted by atomic mass is 32.2. The molecule has 0 radical (unpaired) electrons. The van der Waals surface area contributed by atoms with Crippen molar-refractivity contribution in [1.82, 2.24) is 14.8 Å². The van der Waals surface area contributed by atoms with E-state index in [0.29, 0.717) is 17.3 Å². The van der Waals surface area contributed by atoms with Gasteiger partial charge in [0.1, 0.15) is 22.2 Å². The van der Waals surface area contributed by atoms with Crippen LogP contribution in [-0.4, -0.2) is 37.4 Å². The third-order valence-corrected chi connectivity index (χ3v) is 6.77. The van der Waals surface area contributed by atoms with Crippen LogP contribution in [0.15, 0.2) is 47.4 Å². The molecule has 0 unspecified atom stereocenters. The molecule has 9 heteroatoms. The highest BCUT2D eigenvalue weighted by Gasteiger charge is 2.23. The number of sulfonamides is 1. The molecule has 172 valence electrons. The molecule has 0 spiro atoms. The van der Waals surface area contributed by atoms with E-state index in [1.807, 2.05) is 19.9 Å². The molecule has 0 atom stereocenters. The first-order valence-corrected chi connectivity index (χ1v) is 11.8. The summed E-state index contributed by atoms with van der Waals surface area (Å²) in [5.74, 6) is 1.40. The number of aryl methyl sites for hydroxylation is 4. The molecule has 4 aromatic rings. The van der Waals surface area contributed by atoms with Crippen molar-refractivity contribution in [3.63, 3.8) is 0 Å². The molecule has 8 nitrogen and oxygen atoms in total. The molecular weight excluding hydrogens is 440 g/mol. The first-order valence-electron chi connectivity index (χ1n) is 10.3. The zero-order valence-electron chi connectivity index (χ0n) is 19.4. The van der Waals surface area contributed by atoms with Gasteiger partial charge in [-0.25, -0.2) is 13.4 Å². The Labute approximate surface area is 193 Å². The number of rotatable bonds is 6. The van der Waals surface area contributed by atoms with E-state index in [9.17, 15) is 8.42 Å². The predicted octanol–water partition coefficient (Wildman–Crippen LogP) is 4.47. The number of fused-ring (bicyclic) bond motifs is 1. The van der Waals surface area contributed by atoms with Crippen molar-refractivity contribution in [2.75, 3.05) is 18.9 Å². The van der Waals surface area contributed by atoms with E-state index in [-0.39, 0.29) is 16.5 Å². The molecule has 1 N–H and O–H groups in total. The highest BCUT2D eigenvalue weighted by Crippen LogP contribution is 2.31. The van der Waals surface area contributed by atoms with Crippen LogP contribution in [0.25, 0.3) is 16.7 Å². The molecule has 33 heavy (non-hydrogen) atoms. The minimum Gasteiger partial charge on any atom is -0.497 e. The fraction of sp³-hybridized carbons (Fsp3) is 0.250. The lowest BCUT2D eigenvalue weighted by atomic mass is 10.0. The minimum absolute atomic E-state index is 0.0382. The van der Waals surface area contributed by atoms with E-state index in [0.717, 1.165) is 27.6 Å². The average Bonchev–Trinajstić information content (AvgIpc) is 3.13. The Morgan fingerprint density at radius 2 is 1.67 bits per heavy atom. The average molecular weight is 467 g/mol.